The summed E-state index contributed by atoms with van der Waals surface area (Å²) >= 11 is 1.44. The van der Waals surface area contributed by atoms with Crippen molar-refractivity contribution in [1.82, 2.24) is 19.6 Å². The molecule has 0 atom stereocenters. The first-order chi connectivity index (χ1) is 6.20. The van der Waals surface area contributed by atoms with Gasteiger partial charge in [-0.25, -0.2) is 4.98 Å². The van der Waals surface area contributed by atoms with Crippen LogP contribution in [0.5, 0.6) is 0 Å². The molecule has 0 aliphatic carbocycles. The minimum Gasteiger partial charge on any atom is -0.267 e. The molecule has 2 rings (SSSR count). The third kappa shape index (κ3) is 2.03. The molecule has 0 fully saturated rings. The fourth-order valence-corrected chi connectivity index (χ4v) is 1.42. The number of aromatic amines is 1. The van der Waals surface area contributed by atoms with Crippen LogP contribution in [0.3, 0.4) is 0 Å². The number of rotatable bonds is 1. The summed E-state index contributed by atoms with van der Waals surface area (Å²) in [6.07, 6.45) is 1.88. The summed E-state index contributed by atoms with van der Waals surface area (Å²) in [4.78, 5) is 19.6. The van der Waals surface area contributed by atoms with Crippen molar-refractivity contribution in [2.24, 2.45) is 0 Å². The Kier molecular flexibility index (Phi) is 3.77. The molecule has 68 valence electrons. The molecule has 0 aromatic carbocycles. The molecule has 0 saturated carbocycles. The van der Waals surface area contributed by atoms with Gasteiger partial charge in [-0.15, -0.1) is 0 Å². The molecule has 0 radical (unpaired) electrons. The Morgan fingerprint density at radius 1 is 1.50 bits per heavy atom. The van der Waals surface area contributed by atoms with Crippen LogP contribution in [0.25, 0.3) is 5.78 Å². The standard InChI is InChI=1S/C7H8N4OS.Na/c1-4-3-5(12)11-6(8-4)9-7(10-11)13-2;/h3H,1-2H3,(H,8,9,10);/q;+1. The van der Waals surface area contributed by atoms with Crippen molar-refractivity contribution >= 4 is 17.5 Å². The smallest absolute Gasteiger partial charge is 0.267 e. The summed E-state index contributed by atoms with van der Waals surface area (Å²) in [5.41, 5.74) is 0.555. The number of nitrogens with zero attached hydrogens (tertiary/aromatic N) is 3. The van der Waals surface area contributed by atoms with E-state index < -0.39 is 0 Å². The van der Waals surface area contributed by atoms with Crippen LogP contribution in [0, 0.1) is 6.92 Å². The van der Waals surface area contributed by atoms with Crippen molar-refractivity contribution in [3.8, 4) is 0 Å². The maximum absolute atomic E-state index is 11.4. The molecule has 2 aromatic heterocycles. The maximum atomic E-state index is 11.4. The van der Waals surface area contributed by atoms with Gasteiger partial charge >= 0.3 is 29.6 Å². The molecule has 0 aliphatic heterocycles. The third-order valence-corrected chi connectivity index (χ3v) is 2.20. The number of aryl methyl sites for hydroxylation is 1. The molecule has 2 heterocycles. The number of nitrogens with one attached hydrogen (secondary N) is 1. The fraction of sp³-hybridized carbons (Fsp3) is 0.286. The Morgan fingerprint density at radius 3 is 2.86 bits per heavy atom. The molecule has 0 amide bonds. The number of H-pyrrole nitrogens is 1. The minimum absolute atomic E-state index is 0. The van der Waals surface area contributed by atoms with E-state index >= 15 is 0 Å². The summed E-state index contributed by atoms with van der Waals surface area (Å²) in [6.45, 7) is 1.77. The van der Waals surface area contributed by atoms with E-state index in [0.717, 1.165) is 0 Å². The molecule has 14 heavy (non-hydrogen) atoms. The van der Waals surface area contributed by atoms with Gasteiger partial charge in [-0.2, -0.15) is 9.50 Å². The van der Waals surface area contributed by atoms with E-state index in [1.807, 2.05) is 6.26 Å². The summed E-state index contributed by atoms with van der Waals surface area (Å²) in [5.74, 6) is 0.425. The molecule has 0 spiro atoms. The molecule has 0 aliphatic rings. The Morgan fingerprint density at radius 2 is 2.21 bits per heavy atom. The van der Waals surface area contributed by atoms with Gasteiger partial charge in [0.1, 0.15) is 0 Å². The summed E-state index contributed by atoms with van der Waals surface area (Å²) in [5, 5.41) is 3.52. The average Bonchev–Trinajstić information content (AvgIpc) is 2.47. The topological polar surface area (TPSA) is 63.1 Å². The van der Waals surface area contributed by atoms with Crippen LogP contribution < -0.4 is 35.1 Å². The van der Waals surface area contributed by atoms with Crippen molar-refractivity contribution in [3.05, 3.63) is 22.1 Å². The van der Waals surface area contributed by atoms with Gasteiger partial charge in [-0.1, -0.05) is 11.8 Å². The number of fused-ring (bicyclic) bond motifs is 1. The third-order valence-electron chi connectivity index (χ3n) is 1.63. The van der Waals surface area contributed by atoms with Gasteiger partial charge in [0.05, 0.1) is 0 Å². The number of hydrogen-bond acceptors (Lipinski definition) is 4. The van der Waals surface area contributed by atoms with Crippen molar-refractivity contribution in [3.63, 3.8) is 0 Å². The zero-order valence-electron chi connectivity index (χ0n) is 8.24. The van der Waals surface area contributed by atoms with E-state index in [0.29, 0.717) is 16.6 Å². The van der Waals surface area contributed by atoms with Crippen molar-refractivity contribution in [2.75, 3.05) is 6.26 Å². The quantitative estimate of drug-likeness (QED) is 0.424. The van der Waals surface area contributed by atoms with E-state index in [-0.39, 0.29) is 35.1 Å². The second kappa shape index (κ2) is 4.48. The summed E-state index contributed by atoms with van der Waals surface area (Å²) < 4.78 is 1.33. The molecule has 0 unspecified atom stereocenters. The van der Waals surface area contributed by atoms with Gasteiger partial charge < -0.3 is 0 Å². The second-order valence-corrected chi connectivity index (χ2v) is 3.40. The Balaban J connectivity index is 0.000000980. The van der Waals surface area contributed by atoms with E-state index in [1.54, 1.807) is 6.92 Å². The second-order valence-electron chi connectivity index (χ2n) is 2.60. The minimum atomic E-state index is -0.129. The summed E-state index contributed by atoms with van der Waals surface area (Å²) in [7, 11) is 0. The van der Waals surface area contributed by atoms with E-state index in [9.17, 15) is 4.79 Å². The zero-order valence-corrected chi connectivity index (χ0v) is 11.1. The van der Waals surface area contributed by atoms with Crippen LogP contribution in [0.4, 0.5) is 0 Å². The molecule has 0 saturated heterocycles. The summed E-state index contributed by atoms with van der Waals surface area (Å²) in [6, 6.07) is 1.47. The van der Waals surface area contributed by atoms with Gasteiger partial charge in [0.25, 0.3) is 11.3 Å². The van der Waals surface area contributed by atoms with Crippen LogP contribution in [0.2, 0.25) is 0 Å². The monoisotopic (exact) mass is 219 g/mol. The van der Waals surface area contributed by atoms with Gasteiger partial charge in [0.2, 0.25) is 0 Å². The maximum Gasteiger partial charge on any atom is 1.00 e. The van der Waals surface area contributed by atoms with Crippen LogP contribution in [0.15, 0.2) is 16.0 Å². The molecule has 0 bridgehead atoms. The van der Waals surface area contributed by atoms with Crippen LogP contribution in [-0.4, -0.2) is 25.8 Å². The zero-order chi connectivity index (χ0) is 9.42. The fourth-order valence-electron chi connectivity index (χ4n) is 1.06. The average molecular weight is 219 g/mol. The molecule has 5 nitrogen and oxygen atoms in total. The molecule has 1 N–H and O–H groups in total. The van der Waals surface area contributed by atoms with E-state index in [1.165, 1.54) is 22.3 Å². The Hall–Kier alpha value is -0.300. The molecule has 7 heteroatoms. The van der Waals surface area contributed by atoms with Crippen LogP contribution in [0.1, 0.15) is 5.69 Å². The van der Waals surface area contributed by atoms with Crippen LogP contribution in [-0.2, 0) is 0 Å². The van der Waals surface area contributed by atoms with Crippen molar-refractivity contribution in [1.29, 1.82) is 0 Å². The number of hydrogen-bond donors (Lipinski definition) is 1. The molecular formula is C7H8N4NaOS+. The van der Waals surface area contributed by atoms with Crippen LogP contribution >= 0.6 is 11.8 Å². The number of aromatic nitrogens is 4. The normalized spacial score (nSPS) is 10.1. The number of thioether (sulfide) groups is 1. The van der Waals surface area contributed by atoms with E-state index in [2.05, 4.69) is 15.1 Å². The van der Waals surface area contributed by atoms with Gasteiger partial charge in [-0.05, 0) is 13.2 Å². The SMILES string of the molecule is CSc1nc2nc(C)cc(=O)n2[nH]1.[Na+]. The van der Waals surface area contributed by atoms with Crippen molar-refractivity contribution in [2.45, 2.75) is 12.1 Å². The largest absolute Gasteiger partial charge is 1.00 e. The Bertz CT molecular complexity index is 506. The molecular weight excluding hydrogens is 211 g/mol. The predicted molar refractivity (Wildman–Crippen MR) is 50.1 cm³/mol. The molecule has 2 aromatic rings. The predicted octanol–water partition coefficient (Wildman–Crippen LogP) is -2.55. The van der Waals surface area contributed by atoms with Gasteiger partial charge in [0, 0.05) is 11.8 Å². The Labute approximate surface area is 107 Å². The first-order valence-corrected chi connectivity index (χ1v) is 4.93. The van der Waals surface area contributed by atoms with E-state index in [4.69, 9.17) is 0 Å². The van der Waals surface area contributed by atoms with Gasteiger partial charge in [-0.3, -0.25) is 9.89 Å². The van der Waals surface area contributed by atoms with Crippen molar-refractivity contribution < 1.29 is 29.6 Å². The van der Waals surface area contributed by atoms with Gasteiger partial charge in [0.15, 0.2) is 5.16 Å². The first kappa shape index (κ1) is 11.8. The first-order valence-electron chi connectivity index (χ1n) is 3.71.